The molecule has 0 aliphatic carbocycles. The van der Waals surface area contributed by atoms with Gasteiger partial charge in [-0.15, -0.1) is 0 Å². The molecule has 0 radical (unpaired) electrons. The van der Waals surface area contributed by atoms with E-state index in [1.54, 1.807) is 0 Å². The fourth-order valence-electron chi connectivity index (χ4n) is 7.24. The Labute approximate surface area is 418 Å². The van der Waals surface area contributed by atoms with E-state index < -0.39 is 6.10 Å². The smallest absolute Gasteiger partial charge is 0.306 e. The second-order valence-corrected chi connectivity index (χ2v) is 17.9. The molecule has 6 heteroatoms. The van der Waals surface area contributed by atoms with E-state index in [2.05, 4.69) is 87.6 Å². The molecule has 0 aromatic rings. The highest BCUT2D eigenvalue weighted by atomic mass is 16.6. The first kappa shape index (κ1) is 63.8. The number of ether oxygens (including phenoxy) is 3. The molecular formula is C62H100O6. The Bertz CT molecular complexity index is 1450. The molecular weight excluding hydrogens is 841 g/mol. The quantitative estimate of drug-likeness (QED) is 0.0199. The number of carbonyl (C=O) groups excluding carboxylic acids is 3. The first-order valence-electron chi connectivity index (χ1n) is 27.6. The van der Waals surface area contributed by atoms with E-state index in [1.807, 2.05) is 54.7 Å². The summed E-state index contributed by atoms with van der Waals surface area (Å²) in [5, 5.41) is 0. The average molecular weight is 941 g/mol. The van der Waals surface area contributed by atoms with E-state index in [0.29, 0.717) is 19.3 Å². The Morgan fingerprint density at radius 3 is 1.15 bits per heavy atom. The minimum atomic E-state index is -0.821. The van der Waals surface area contributed by atoms with Gasteiger partial charge in [0.25, 0.3) is 0 Å². The van der Waals surface area contributed by atoms with Crippen LogP contribution in [0.5, 0.6) is 0 Å². The Morgan fingerprint density at radius 2 is 0.662 bits per heavy atom. The molecule has 0 aliphatic heterocycles. The van der Waals surface area contributed by atoms with Crippen LogP contribution in [0.15, 0.2) is 122 Å². The summed E-state index contributed by atoms with van der Waals surface area (Å²) in [7, 11) is 0. The summed E-state index contributed by atoms with van der Waals surface area (Å²) in [6.07, 6.45) is 76.2. The molecule has 0 aromatic heterocycles. The first-order valence-corrected chi connectivity index (χ1v) is 27.6. The fourth-order valence-corrected chi connectivity index (χ4v) is 7.24. The largest absolute Gasteiger partial charge is 0.462 e. The van der Waals surface area contributed by atoms with Crippen molar-refractivity contribution in [3.63, 3.8) is 0 Å². The van der Waals surface area contributed by atoms with Crippen molar-refractivity contribution in [2.24, 2.45) is 0 Å². The topological polar surface area (TPSA) is 78.9 Å². The van der Waals surface area contributed by atoms with Gasteiger partial charge in [-0.3, -0.25) is 14.4 Å². The molecule has 0 saturated heterocycles. The van der Waals surface area contributed by atoms with Crippen molar-refractivity contribution in [3.8, 4) is 0 Å². The lowest BCUT2D eigenvalue weighted by atomic mass is 10.1. The molecule has 0 heterocycles. The standard InChI is InChI=1S/C62H100O6/c1-4-7-10-13-16-19-22-25-27-29-31-33-34-37-40-43-46-49-52-55-61(64)67-58-59(57-66-60(63)54-51-48-45-42-39-36-24-21-18-15-12-9-6-3)68-62(65)56-53-50-47-44-41-38-35-32-30-28-26-23-20-17-14-11-8-5-2/h7,9-10,12,15-16,18-19,21,24-25,27-28,30,32,35-36,39,42,45,59H,4-6,8,11,13-14,17,20,22-23,26,29,31,33-34,37-38,40-41,43-44,46-58H2,1-3H3/b10-7+,12-9+,18-15+,19-16+,24-21+,27-25+,30-28+,35-32+,39-36+,45-42+. The molecule has 0 rings (SSSR count). The number of hydrogen-bond acceptors (Lipinski definition) is 6. The molecule has 1 atom stereocenters. The number of unbranched alkanes of at least 4 members (excludes halogenated alkanes) is 22. The van der Waals surface area contributed by atoms with E-state index in [0.717, 1.165) is 96.3 Å². The molecule has 1 unspecified atom stereocenters. The zero-order valence-corrected chi connectivity index (χ0v) is 43.8. The van der Waals surface area contributed by atoms with Crippen LogP contribution in [-0.2, 0) is 28.6 Å². The van der Waals surface area contributed by atoms with Crippen LogP contribution in [0.25, 0.3) is 0 Å². The van der Waals surface area contributed by atoms with E-state index in [1.165, 1.54) is 89.9 Å². The van der Waals surface area contributed by atoms with Gasteiger partial charge in [0.05, 0.1) is 0 Å². The summed E-state index contributed by atoms with van der Waals surface area (Å²) >= 11 is 0. The molecule has 68 heavy (non-hydrogen) atoms. The Hall–Kier alpha value is -4.19. The van der Waals surface area contributed by atoms with Crippen LogP contribution in [0.4, 0.5) is 0 Å². The molecule has 0 N–H and O–H groups in total. The van der Waals surface area contributed by atoms with Gasteiger partial charge in [0.1, 0.15) is 13.2 Å². The number of carbonyl (C=O) groups is 3. The van der Waals surface area contributed by atoms with Crippen LogP contribution >= 0.6 is 0 Å². The van der Waals surface area contributed by atoms with Crippen LogP contribution in [0.2, 0.25) is 0 Å². The lowest BCUT2D eigenvalue weighted by Crippen LogP contribution is -2.30. The second-order valence-electron chi connectivity index (χ2n) is 17.9. The molecule has 0 fully saturated rings. The van der Waals surface area contributed by atoms with Crippen molar-refractivity contribution in [2.75, 3.05) is 13.2 Å². The number of esters is 3. The summed E-state index contributed by atoms with van der Waals surface area (Å²) in [4.78, 5) is 38.1. The molecule has 0 bridgehead atoms. The van der Waals surface area contributed by atoms with Gasteiger partial charge in [0, 0.05) is 19.3 Å². The minimum Gasteiger partial charge on any atom is -0.462 e. The van der Waals surface area contributed by atoms with Crippen LogP contribution in [0.1, 0.15) is 233 Å². The van der Waals surface area contributed by atoms with Crippen LogP contribution in [0, 0.1) is 0 Å². The van der Waals surface area contributed by atoms with Crippen LogP contribution < -0.4 is 0 Å². The molecule has 0 saturated carbocycles. The van der Waals surface area contributed by atoms with Crippen molar-refractivity contribution < 1.29 is 28.6 Å². The Morgan fingerprint density at radius 1 is 0.324 bits per heavy atom. The predicted molar refractivity (Wildman–Crippen MR) is 293 cm³/mol. The Balaban J connectivity index is 4.49. The monoisotopic (exact) mass is 941 g/mol. The third-order valence-corrected chi connectivity index (χ3v) is 11.3. The number of allylic oxidation sites excluding steroid dienone is 20. The van der Waals surface area contributed by atoms with Gasteiger partial charge in [-0.05, 0) is 89.9 Å². The molecule has 0 amide bonds. The molecule has 0 aromatic carbocycles. The highest BCUT2D eigenvalue weighted by Gasteiger charge is 2.19. The maximum atomic E-state index is 12.8. The van der Waals surface area contributed by atoms with Gasteiger partial charge in [-0.25, -0.2) is 0 Å². The van der Waals surface area contributed by atoms with Crippen LogP contribution in [0.3, 0.4) is 0 Å². The zero-order valence-electron chi connectivity index (χ0n) is 43.8. The normalized spacial score (nSPS) is 13.0. The van der Waals surface area contributed by atoms with Gasteiger partial charge >= 0.3 is 17.9 Å². The highest BCUT2D eigenvalue weighted by molar-refractivity contribution is 5.71. The fraction of sp³-hybridized carbons (Fsp3) is 0.629. The second kappa shape index (κ2) is 55.4. The minimum absolute atomic E-state index is 0.113. The van der Waals surface area contributed by atoms with Crippen molar-refractivity contribution in [1.82, 2.24) is 0 Å². The van der Waals surface area contributed by atoms with Crippen molar-refractivity contribution in [1.29, 1.82) is 0 Å². The molecule has 0 spiro atoms. The van der Waals surface area contributed by atoms with Gasteiger partial charge < -0.3 is 14.2 Å². The third kappa shape index (κ3) is 52.8. The summed E-state index contributed by atoms with van der Waals surface area (Å²) in [5.41, 5.74) is 0. The molecule has 6 nitrogen and oxygen atoms in total. The summed E-state index contributed by atoms with van der Waals surface area (Å²) in [6.45, 7) is 6.29. The predicted octanol–water partition coefficient (Wildman–Crippen LogP) is 18.5. The zero-order chi connectivity index (χ0) is 49.3. The maximum absolute atomic E-state index is 12.8. The maximum Gasteiger partial charge on any atom is 0.306 e. The summed E-state index contributed by atoms with van der Waals surface area (Å²) in [5.74, 6) is -1.01. The van der Waals surface area contributed by atoms with Gasteiger partial charge in [0.15, 0.2) is 6.10 Å². The molecule has 0 aliphatic rings. The number of rotatable bonds is 48. The van der Waals surface area contributed by atoms with Crippen LogP contribution in [-0.4, -0.2) is 37.2 Å². The highest BCUT2D eigenvalue weighted by Crippen LogP contribution is 2.14. The van der Waals surface area contributed by atoms with E-state index >= 15 is 0 Å². The summed E-state index contributed by atoms with van der Waals surface area (Å²) < 4.78 is 16.8. The lowest BCUT2D eigenvalue weighted by molar-refractivity contribution is -0.167. The van der Waals surface area contributed by atoms with E-state index in [-0.39, 0.29) is 37.5 Å². The third-order valence-electron chi connectivity index (χ3n) is 11.3. The van der Waals surface area contributed by atoms with Gasteiger partial charge in [-0.2, -0.15) is 0 Å². The van der Waals surface area contributed by atoms with Crippen molar-refractivity contribution in [2.45, 2.75) is 239 Å². The van der Waals surface area contributed by atoms with E-state index in [9.17, 15) is 14.4 Å². The average Bonchev–Trinajstić information content (AvgIpc) is 3.34. The first-order chi connectivity index (χ1) is 33.5. The van der Waals surface area contributed by atoms with Gasteiger partial charge in [-0.1, -0.05) is 245 Å². The van der Waals surface area contributed by atoms with Gasteiger partial charge in [0.2, 0.25) is 0 Å². The Kier molecular flexibility index (Phi) is 52.0. The lowest BCUT2D eigenvalue weighted by Gasteiger charge is -2.18. The van der Waals surface area contributed by atoms with Crippen molar-refractivity contribution in [3.05, 3.63) is 122 Å². The van der Waals surface area contributed by atoms with Crippen molar-refractivity contribution >= 4 is 17.9 Å². The SMILES string of the molecule is CC/C=C/C=C/C=C/C=C/C=C/CCCC(=O)OCC(COC(=O)CCCCCCCCCCC/C=C/C/C=C/C/C=C/CC)OC(=O)CCCCCCC/C=C/C=C/CCCCCCCCC. The molecule has 384 valence electrons. The number of hydrogen-bond donors (Lipinski definition) is 0. The van der Waals surface area contributed by atoms with E-state index in [4.69, 9.17) is 14.2 Å². The summed E-state index contributed by atoms with van der Waals surface area (Å²) in [6, 6.07) is 0.